The van der Waals surface area contributed by atoms with E-state index in [4.69, 9.17) is 9.47 Å². The molecule has 1 fully saturated rings. The van der Waals surface area contributed by atoms with Crippen molar-refractivity contribution in [2.45, 2.75) is 12.8 Å². The van der Waals surface area contributed by atoms with Gasteiger partial charge in [0.2, 0.25) is 0 Å². The molecule has 0 radical (unpaired) electrons. The van der Waals surface area contributed by atoms with E-state index in [-0.39, 0.29) is 5.69 Å². The van der Waals surface area contributed by atoms with E-state index in [2.05, 4.69) is 15.4 Å². The van der Waals surface area contributed by atoms with Crippen LogP contribution in [0.4, 0.5) is 17.1 Å². The van der Waals surface area contributed by atoms with Gasteiger partial charge in [-0.15, -0.1) is 0 Å². The Labute approximate surface area is 157 Å². The predicted molar refractivity (Wildman–Crippen MR) is 105 cm³/mol. The second kappa shape index (κ2) is 8.39. The molecule has 0 atom stereocenters. The van der Waals surface area contributed by atoms with Crippen LogP contribution in [-0.2, 0) is 0 Å². The van der Waals surface area contributed by atoms with E-state index in [0.717, 1.165) is 30.1 Å². The van der Waals surface area contributed by atoms with Crippen LogP contribution in [0.15, 0.2) is 41.5 Å². The average molecular weight is 370 g/mol. The fraction of sp³-hybridized carbons (Fsp3) is 0.316. The van der Waals surface area contributed by atoms with Crippen molar-refractivity contribution in [3.05, 3.63) is 52.1 Å². The molecular formula is C19H22N4O4. The Morgan fingerprint density at radius 1 is 1.11 bits per heavy atom. The summed E-state index contributed by atoms with van der Waals surface area (Å²) >= 11 is 0. The first-order valence-electron chi connectivity index (χ1n) is 8.67. The zero-order chi connectivity index (χ0) is 19.2. The van der Waals surface area contributed by atoms with E-state index >= 15 is 0 Å². The molecule has 27 heavy (non-hydrogen) atoms. The molecule has 1 N–H and O–H groups in total. The van der Waals surface area contributed by atoms with Gasteiger partial charge < -0.3 is 14.4 Å². The minimum absolute atomic E-state index is 0.0356. The predicted octanol–water partition coefficient (Wildman–Crippen LogP) is 3.66. The highest BCUT2D eigenvalue weighted by Crippen LogP contribution is 2.36. The summed E-state index contributed by atoms with van der Waals surface area (Å²) in [6, 6.07) is 9.91. The second-order valence-corrected chi connectivity index (χ2v) is 6.13. The van der Waals surface area contributed by atoms with Crippen molar-refractivity contribution in [2.75, 3.05) is 37.6 Å². The first-order chi connectivity index (χ1) is 13.1. The van der Waals surface area contributed by atoms with E-state index in [1.165, 1.54) is 25.0 Å². The number of rotatable bonds is 7. The summed E-state index contributed by atoms with van der Waals surface area (Å²) in [4.78, 5) is 12.5. The normalized spacial score (nSPS) is 13.8. The van der Waals surface area contributed by atoms with Gasteiger partial charge in [0.05, 0.1) is 36.7 Å². The minimum atomic E-state index is -0.438. The summed E-state index contributed by atoms with van der Waals surface area (Å²) in [6.07, 6.45) is 3.98. The molecule has 1 saturated heterocycles. The van der Waals surface area contributed by atoms with Gasteiger partial charge in [-0.3, -0.25) is 15.5 Å². The van der Waals surface area contributed by atoms with E-state index < -0.39 is 4.92 Å². The van der Waals surface area contributed by atoms with Gasteiger partial charge in [-0.1, -0.05) is 0 Å². The molecule has 0 spiro atoms. The van der Waals surface area contributed by atoms with E-state index in [1.54, 1.807) is 32.6 Å². The Kier molecular flexibility index (Phi) is 5.75. The van der Waals surface area contributed by atoms with Gasteiger partial charge in [0.1, 0.15) is 11.5 Å². The Hall–Kier alpha value is -3.29. The number of ether oxygens (including phenoxy) is 2. The lowest BCUT2D eigenvalue weighted by molar-refractivity contribution is -0.384. The fourth-order valence-electron chi connectivity index (χ4n) is 3.05. The lowest BCUT2D eigenvalue weighted by atomic mass is 10.1. The molecule has 1 aliphatic heterocycles. The third-order valence-corrected chi connectivity index (χ3v) is 4.45. The minimum Gasteiger partial charge on any atom is -0.496 e. The summed E-state index contributed by atoms with van der Waals surface area (Å²) in [5, 5.41) is 14.9. The van der Waals surface area contributed by atoms with Crippen molar-refractivity contribution in [2.24, 2.45) is 5.10 Å². The second-order valence-electron chi connectivity index (χ2n) is 6.13. The van der Waals surface area contributed by atoms with Crippen LogP contribution >= 0.6 is 0 Å². The zero-order valence-electron chi connectivity index (χ0n) is 15.3. The number of nitro groups is 1. The molecule has 8 heteroatoms. The Morgan fingerprint density at radius 3 is 2.37 bits per heavy atom. The molecule has 8 nitrogen and oxygen atoms in total. The molecule has 0 aliphatic carbocycles. The summed E-state index contributed by atoms with van der Waals surface area (Å²) < 4.78 is 11.1. The maximum Gasteiger partial charge on any atom is 0.269 e. The highest BCUT2D eigenvalue weighted by Gasteiger charge is 2.19. The van der Waals surface area contributed by atoms with Crippen molar-refractivity contribution < 1.29 is 14.4 Å². The summed E-state index contributed by atoms with van der Waals surface area (Å²) in [6.45, 7) is 2.02. The van der Waals surface area contributed by atoms with Crippen LogP contribution in [0.3, 0.4) is 0 Å². The van der Waals surface area contributed by atoms with Crippen LogP contribution < -0.4 is 19.8 Å². The molecule has 1 heterocycles. The molecule has 3 rings (SSSR count). The lowest BCUT2D eigenvalue weighted by Gasteiger charge is -2.22. The first kappa shape index (κ1) is 18.5. The quantitative estimate of drug-likeness (QED) is 0.454. The van der Waals surface area contributed by atoms with Crippen molar-refractivity contribution in [3.63, 3.8) is 0 Å². The Morgan fingerprint density at radius 2 is 1.78 bits per heavy atom. The molecular weight excluding hydrogens is 348 g/mol. The third-order valence-electron chi connectivity index (χ3n) is 4.45. The zero-order valence-corrected chi connectivity index (χ0v) is 15.3. The maximum absolute atomic E-state index is 10.7. The van der Waals surface area contributed by atoms with Gasteiger partial charge in [0, 0.05) is 36.9 Å². The van der Waals surface area contributed by atoms with Crippen molar-refractivity contribution in [1.82, 2.24) is 0 Å². The largest absolute Gasteiger partial charge is 0.496 e. The van der Waals surface area contributed by atoms with Crippen LogP contribution in [-0.4, -0.2) is 38.4 Å². The van der Waals surface area contributed by atoms with Gasteiger partial charge >= 0.3 is 0 Å². The Bertz CT molecular complexity index is 830. The summed E-state index contributed by atoms with van der Waals surface area (Å²) in [7, 11) is 3.27. The molecule has 142 valence electrons. The van der Waals surface area contributed by atoms with E-state index in [1.807, 2.05) is 12.1 Å². The number of nitrogens with zero attached hydrogens (tertiary/aromatic N) is 3. The smallest absolute Gasteiger partial charge is 0.269 e. The molecule has 2 aromatic carbocycles. The fourth-order valence-corrected chi connectivity index (χ4v) is 3.05. The number of nitrogens with one attached hydrogen (secondary N) is 1. The van der Waals surface area contributed by atoms with Gasteiger partial charge in [0.25, 0.3) is 5.69 Å². The van der Waals surface area contributed by atoms with Crippen LogP contribution in [0.25, 0.3) is 0 Å². The van der Waals surface area contributed by atoms with Gasteiger partial charge in [-0.2, -0.15) is 5.10 Å². The number of benzene rings is 2. The number of hydrogen-bond acceptors (Lipinski definition) is 7. The summed E-state index contributed by atoms with van der Waals surface area (Å²) in [5.41, 5.74) is 5.33. The number of hydrogen-bond donors (Lipinski definition) is 1. The number of methoxy groups -OCH3 is 2. The summed E-state index contributed by atoms with van der Waals surface area (Å²) in [5.74, 6) is 1.47. The number of non-ortho nitro benzene ring substituents is 1. The molecule has 0 bridgehead atoms. The number of nitro benzene ring substituents is 1. The number of hydrazone groups is 1. The van der Waals surface area contributed by atoms with Crippen LogP contribution in [0.2, 0.25) is 0 Å². The van der Waals surface area contributed by atoms with E-state index in [0.29, 0.717) is 11.4 Å². The average Bonchev–Trinajstić information content (AvgIpc) is 3.22. The maximum atomic E-state index is 10.7. The first-order valence-corrected chi connectivity index (χ1v) is 8.67. The van der Waals surface area contributed by atoms with Crippen LogP contribution in [0, 0.1) is 10.1 Å². The van der Waals surface area contributed by atoms with Crippen LogP contribution in [0.1, 0.15) is 18.4 Å². The van der Waals surface area contributed by atoms with Crippen molar-refractivity contribution in [3.8, 4) is 11.5 Å². The molecule has 0 amide bonds. The third kappa shape index (κ3) is 4.28. The monoisotopic (exact) mass is 370 g/mol. The van der Waals surface area contributed by atoms with Gasteiger partial charge in [-0.25, -0.2) is 0 Å². The van der Waals surface area contributed by atoms with Crippen molar-refractivity contribution >= 4 is 23.3 Å². The topological polar surface area (TPSA) is 89.2 Å². The molecule has 1 aliphatic rings. The highest BCUT2D eigenvalue weighted by atomic mass is 16.6. The standard InChI is InChI=1S/C19H22N4O4/c1-26-18-12-17(22-9-3-4-10-22)19(27-2)11-14(18)13-20-21-15-5-7-16(8-6-15)23(24)25/h5-8,11-13,21H,3-4,9-10H2,1-2H3/b20-13-. The van der Waals surface area contributed by atoms with Crippen LogP contribution in [0.5, 0.6) is 11.5 Å². The van der Waals surface area contributed by atoms with E-state index in [9.17, 15) is 10.1 Å². The SMILES string of the molecule is COc1cc(N2CCCC2)c(OC)cc1/C=N\Nc1ccc([N+](=O)[O-])cc1. The highest BCUT2D eigenvalue weighted by molar-refractivity contribution is 5.87. The van der Waals surface area contributed by atoms with Crippen molar-refractivity contribution in [1.29, 1.82) is 0 Å². The van der Waals surface area contributed by atoms with Gasteiger partial charge in [0.15, 0.2) is 0 Å². The molecule has 2 aromatic rings. The number of anilines is 2. The molecule has 0 aromatic heterocycles. The molecule has 0 saturated carbocycles. The van der Waals surface area contributed by atoms with Gasteiger partial charge in [-0.05, 0) is 31.0 Å². The Balaban J connectivity index is 1.78. The molecule has 0 unspecified atom stereocenters. The lowest BCUT2D eigenvalue weighted by Crippen LogP contribution is -2.18.